The Morgan fingerprint density at radius 3 is 2.03 bits per heavy atom. The molecule has 0 saturated heterocycles. The van der Waals surface area contributed by atoms with Gasteiger partial charge in [0.05, 0.1) is 7.11 Å². The Balaban J connectivity index is 1.43. The van der Waals surface area contributed by atoms with E-state index in [-0.39, 0.29) is 18.9 Å². The zero-order valence-electron chi connectivity index (χ0n) is 19.6. The molecule has 37 heavy (non-hydrogen) atoms. The quantitative estimate of drug-likeness (QED) is 0.288. The zero-order chi connectivity index (χ0) is 26.8. The van der Waals surface area contributed by atoms with Gasteiger partial charge >= 0.3 is 25.3 Å². The summed E-state index contributed by atoms with van der Waals surface area (Å²) >= 11 is 0. The van der Waals surface area contributed by atoms with E-state index in [1.54, 1.807) is 0 Å². The highest BCUT2D eigenvalue weighted by molar-refractivity contribution is 7.52. The van der Waals surface area contributed by atoms with E-state index in [1.807, 2.05) is 48.5 Å². The summed E-state index contributed by atoms with van der Waals surface area (Å²) in [5.41, 5.74) is -0.711. The second kappa shape index (κ2) is 10.4. The van der Waals surface area contributed by atoms with Gasteiger partial charge in [-0.15, -0.1) is 0 Å². The van der Waals surface area contributed by atoms with Crippen molar-refractivity contribution in [1.82, 2.24) is 5.32 Å². The molecule has 8 nitrogen and oxygen atoms in total. The van der Waals surface area contributed by atoms with Gasteiger partial charge in [-0.05, 0) is 27.8 Å². The number of nitrogens with one attached hydrogen (secondary N) is 1. The van der Waals surface area contributed by atoms with Gasteiger partial charge in [0, 0.05) is 17.9 Å². The Morgan fingerprint density at radius 1 is 0.973 bits per heavy atom. The molecule has 0 spiro atoms. The molecule has 3 aromatic rings. The lowest BCUT2D eigenvalue weighted by atomic mass is 9.98. The smallest absolute Gasteiger partial charge is 0.407 e. The number of fused-ring (bicyclic) bond motifs is 3. The topological polar surface area (TPSA) is 122 Å². The van der Waals surface area contributed by atoms with Crippen molar-refractivity contribution < 1.29 is 42.2 Å². The molecule has 1 amide bonds. The van der Waals surface area contributed by atoms with E-state index in [0.717, 1.165) is 41.5 Å². The Morgan fingerprint density at radius 2 is 1.51 bits per heavy atom. The van der Waals surface area contributed by atoms with E-state index >= 15 is 0 Å². The average Bonchev–Trinajstić information content (AvgIpc) is 3.20. The van der Waals surface area contributed by atoms with Crippen molar-refractivity contribution in [3.05, 3.63) is 95.1 Å². The lowest BCUT2D eigenvalue weighted by Crippen LogP contribution is -2.43. The van der Waals surface area contributed by atoms with Gasteiger partial charge in [-0.2, -0.15) is 8.78 Å². The van der Waals surface area contributed by atoms with Crippen LogP contribution in [0.3, 0.4) is 0 Å². The maximum Gasteiger partial charge on any atom is 0.407 e. The van der Waals surface area contributed by atoms with Gasteiger partial charge in [-0.3, -0.25) is 4.57 Å². The molecule has 0 radical (unpaired) electrons. The number of rotatable bonds is 8. The highest BCUT2D eigenvalue weighted by atomic mass is 31.2. The van der Waals surface area contributed by atoms with Crippen molar-refractivity contribution in [2.75, 3.05) is 13.7 Å². The standard InChI is InChI=1S/C26H24F2NO7P/c1-35-24(30)23(14-16-10-12-17(13-11-16)26(27,28)37(32,33)34)29-25(31)36-15-22-20-8-4-2-6-18(20)19-7-3-5-9-21(19)22/h2-13,22-23H,14-15H2,1H3,(H,29,31)(H2,32,33,34). The molecule has 0 aromatic heterocycles. The first kappa shape index (κ1) is 26.5. The van der Waals surface area contributed by atoms with E-state index in [9.17, 15) is 22.9 Å². The van der Waals surface area contributed by atoms with Crippen molar-refractivity contribution in [1.29, 1.82) is 0 Å². The molecule has 194 valence electrons. The number of halogens is 2. The van der Waals surface area contributed by atoms with E-state index in [1.165, 1.54) is 12.1 Å². The summed E-state index contributed by atoms with van der Waals surface area (Å²) in [5.74, 6) is -0.962. The molecule has 1 aliphatic rings. The molecule has 1 aliphatic carbocycles. The van der Waals surface area contributed by atoms with Gasteiger partial charge < -0.3 is 24.6 Å². The number of carbonyl (C=O) groups excluding carboxylic acids is 2. The summed E-state index contributed by atoms with van der Waals surface area (Å²) in [5, 5.41) is 2.45. The van der Waals surface area contributed by atoms with Gasteiger partial charge in [0.2, 0.25) is 0 Å². The number of ether oxygens (including phenoxy) is 2. The lowest BCUT2D eigenvalue weighted by Gasteiger charge is -2.20. The molecule has 1 atom stereocenters. The molecule has 0 saturated carbocycles. The van der Waals surface area contributed by atoms with Crippen LogP contribution in [-0.4, -0.2) is 41.6 Å². The summed E-state index contributed by atoms with van der Waals surface area (Å²) in [6.45, 7) is 0.0277. The van der Waals surface area contributed by atoms with Gasteiger partial charge in [-0.25, -0.2) is 9.59 Å². The first-order chi connectivity index (χ1) is 17.5. The third kappa shape index (κ3) is 5.41. The number of esters is 1. The fourth-order valence-electron chi connectivity index (χ4n) is 4.36. The number of alkyl carbamates (subject to hydrolysis) is 1. The highest BCUT2D eigenvalue weighted by Crippen LogP contribution is 2.59. The molecule has 0 fully saturated rings. The third-order valence-electron chi connectivity index (χ3n) is 6.23. The number of methoxy groups -OCH3 is 1. The molecular weight excluding hydrogens is 507 g/mol. The van der Waals surface area contributed by atoms with Crippen LogP contribution in [0, 0.1) is 0 Å². The van der Waals surface area contributed by atoms with Crippen LogP contribution in [-0.2, 0) is 30.9 Å². The van der Waals surface area contributed by atoms with Crippen molar-refractivity contribution in [2.45, 2.75) is 24.0 Å². The summed E-state index contributed by atoms with van der Waals surface area (Å²) in [4.78, 5) is 42.7. The second-order valence-corrected chi connectivity index (χ2v) is 10.2. The number of alkyl halides is 2. The molecule has 11 heteroatoms. The Kier molecular flexibility index (Phi) is 7.45. The molecule has 0 aliphatic heterocycles. The van der Waals surface area contributed by atoms with Crippen LogP contribution >= 0.6 is 7.60 Å². The van der Waals surface area contributed by atoms with Crippen LogP contribution in [0.15, 0.2) is 72.8 Å². The minimum Gasteiger partial charge on any atom is -0.467 e. The number of hydrogen-bond donors (Lipinski definition) is 3. The number of benzene rings is 3. The van der Waals surface area contributed by atoms with Crippen LogP contribution < -0.4 is 5.32 Å². The first-order valence-corrected chi connectivity index (χ1v) is 12.9. The Bertz CT molecular complexity index is 1310. The SMILES string of the molecule is COC(=O)C(Cc1ccc(C(F)(F)P(=O)(O)O)cc1)NC(=O)OCC1c2ccccc2-c2ccccc21. The maximum atomic E-state index is 13.9. The van der Waals surface area contributed by atoms with Gasteiger partial charge in [-0.1, -0.05) is 72.8 Å². The number of amides is 1. The van der Waals surface area contributed by atoms with Crippen molar-refractivity contribution in [2.24, 2.45) is 0 Å². The average molecular weight is 531 g/mol. The molecule has 3 aromatic carbocycles. The molecule has 1 unspecified atom stereocenters. The second-order valence-electron chi connectivity index (χ2n) is 8.53. The zero-order valence-corrected chi connectivity index (χ0v) is 20.5. The Labute approximate surface area is 211 Å². The largest absolute Gasteiger partial charge is 0.467 e. The van der Waals surface area contributed by atoms with Crippen LogP contribution in [0.4, 0.5) is 13.6 Å². The predicted molar refractivity (Wildman–Crippen MR) is 130 cm³/mol. The van der Waals surface area contributed by atoms with Crippen molar-refractivity contribution in [3.8, 4) is 11.1 Å². The van der Waals surface area contributed by atoms with Gasteiger partial charge in [0.25, 0.3) is 0 Å². The van der Waals surface area contributed by atoms with Gasteiger partial charge in [0.1, 0.15) is 12.6 Å². The summed E-state index contributed by atoms with van der Waals surface area (Å²) in [7, 11) is -4.57. The minimum absolute atomic E-state index is 0.0277. The predicted octanol–water partition coefficient (Wildman–Crippen LogP) is 4.54. The third-order valence-corrected chi connectivity index (χ3v) is 7.22. The summed E-state index contributed by atoms with van der Waals surface area (Å²) in [6, 6.07) is 18.5. The number of hydrogen-bond acceptors (Lipinski definition) is 5. The monoisotopic (exact) mass is 531 g/mol. The first-order valence-electron chi connectivity index (χ1n) is 11.2. The fourth-order valence-corrected chi connectivity index (χ4v) is 4.85. The summed E-state index contributed by atoms with van der Waals surface area (Å²) < 4.78 is 49.1. The molecule has 3 N–H and O–H groups in total. The van der Waals surface area contributed by atoms with Crippen molar-refractivity contribution >= 4 is 19.7 Å². The van der Waals surface area contributed by atoms with Crippen LogP contribution in [0.2, 0.25) is 0 Å². The van der Waals surface area contributed by atoms with Crippen LogP contribution in [0.1, 0.15) is 28.2 Å². The highest BCUT2D eigenvalue weighted by Gasteiger charge is 2.50. The molecular formula is C26H24F2NO7P. The van der Waals surface area contributed by atoms with Crippen molar-refractivity contribution in [3.63, 3.8) is 0 Å². The molecule has 0 heterocycles. The number of carbonyl (C=O) groups is 2. The lowest BCUT2D eigenvalue weighted by molar-refractivity contribution is -0.143. The van der Waals surface area contributed by atoms with E-state index in [2.05, 4.69) is 5.32 Å². The summed E-state index contributed by atoms with van der Waals surface area (Å²) in [6.07, 6.45) is -0.986. The van der Waals surface area contributed by atoms with E-state index in [4.69, 9.17) is 19.3 Å². The van der Waals surface area contributed by atoms with E-state index in [0.29, 0.717) is 5.56 Å². The fraction of sp³-hybridized carbons (Fsp3) is 0.231. The molecule has 4 rings (SSSR count). The minimum atomic E-state index is -5.71. The normalized spacial score (nSPS) is 13.9. The molecule has 0 bridgehead atoms. The Hall–Kier alpha value is -3.59. The van der Waals surface area contributed by atoms with E-state index < -0.39 is 36.9 Å². The van der Waals surface area contributed by atoms with Gasteiger partial charge in [0.15, 0.2) is 0 Å². The maximum absolute atomic E-state index is 13.9. The van der Waals surface area contributed by atoms with Crippen LogP contribution in [0.5, 0.6) is 0 Å². The van der Waals surface area contributed by atoms with Crippen LogP contribution in [0.25, 0.3) is 11.1 Å².